The molecule has 1 saturated heterocycles. The minimum atomic E-state index is -2.16. The van der Waals surface area contributed by atoms with Crippen LogP contribution in [0.5, 0.6) is 0 Å². The van der Waals surface area contributed by atoms with E-state index in [0.717, 1.165) is 25.7 Å². The Kier molecular flexibility index (Phi) is 9.72. The molecule has 0 radical (unpaired) electrons. The molecule has 5 aliphatic rings. The Labute approximate surface area is 299 Å². The maximum absolute atomic E-state index is 7.67. The molecule has 1 heterocycles. The zero-order valence-electron chi connectivity index (χ0n) is 34.8. The lowest BCUT2D eigenvalue weighted by molar-refractivity contribution is -0.171. The Morgan fingerprint density at radius 3 is 1.71 bits per heavy atom. The van der Waals surface area contributed by atoms with Gasteiger partial charge in [0, 0.05) is 11.8 Å². The zero-order chi connectivity index (χ0) is 36.5. The fourth-order valence-electron chi connectivity index (χ4n) is 9.50. The van der Waals surface area contributed by atoms with E-state index in [1.165, 1.54) is 6.42 Å². The Morgan fingerprint density at radius 1 is 0.667 bits per heavy atom. The summed E-state index contributed by atoms with van der Waals surface area (Å²) in [5, 5.41) is 0.428. The van der Waals surface area contributed by atoms with Gasteiger partial charge in [-0.3, -0.25) is 0 Å². The van der Waals surface area contributed by atoms with E-state index in [0.29, 0.717) is 17.9 Å². The Hall–Kier alpha value is 0.191. The fourth-order valence-corrected chi connectivity index (χ4v) is 13.7. The van der Waals surface area contributed by atoms with Gasteiger partial charge in [-0.1, -0.05) is 87.8 Å². The third-order valence-corrected chi connectivity index (χ3v) is 29.0. The quantitative estimate of drug-likeness (QED) is 0.202. The third-order valence-electron chi connectivity index (χ3n) is 15.5. The lowest BCUT2D eigenvalue weighted by Crippen LogP contribution is -2.67. The van der Waals surface area contributed by atoms with Crippen molar-refractivity contribution in [1.29, 1.82) is 0 Å². The summed E-state index contributed by atoms with van der Waals surface area (Å²) < 4.78 is 36.7. The van der Waals surface area contributed by atoms with Gasteiger partial charge in [-0.25, -0.2) is 0 Å². The van der Waals surface area contributed by atoms with Crippen molar-refractivity contribution in [3.63, 3.8) is 0 Å². The molecule has 0 aromatic heterocycles. The first kappa shape index (κ1) is 39.4. The van der Waals surface area contributed by atoms with E-state index >= 15 is 0 Å². The molecule has 0 N–H and O–H groups in total. The first-order valence-corrected chi connectivity index (χ1v) is 28.2. The largest absolute Gasteiger partial charge is 0.413 e. The van der Waals surface area contributed by atoms with Crippen LogP contribution in [0, 0.1) is 28.6 Å². The van der Waals surface area contributed by atoms with Crippen LogP contribution in [0.15, 0.2) is 11.6 Å². The monoisotopic (exact) mass is 721 g/mol. The molecule has 0 aromatic carbocycles. The molecule has 0 spiro atoms. The van der Waals surface area contributed by atoms with E-state index in [1.807, 2.05) is 0 Å². The summed E-state index contributed by atoms with van der Waals surface area (Å²) in [6.07, 6.45) is 8.56. The second kappa shape index (κ2) is 11.8. The molecule has 0 aromatic rings. The second-order valence-corrected chi connectivity index (χ2v) is 36.5. The van der Waals surface area contributed by atoms with E-state index in [1.54, 1.807) is 5.57 Å². The molecule has 4 fully saturated rings. The Bertz CT molecular complexity index is 1250. The maximum Gasteiger partial charge on any atom is 0.192 e. The summed E-state index contributed by atoms with van der Waals surface area (Å²) >= 11 is 0. The molecule has 8 heteroatoms. The Morgan fingerprint density at radius 2 is 1.17 bits per heavy atom. The molecule has 48 heavy (non-hydrogen) atoms. The van der Waals surface area contributed by atoms with Gasteiger partial charge in [-0.2, -0.15) is 0 Å². The molecular weight excluding hydrogens is 645 g/mol. The van der Waals surface area contributed by atoms with Crippen molar-refractivity contribution in [2.24, 2.45) is 28.6 Å². The van der Waals surface area contributed by atoms with Crippen molar-refractivity contribution in [2.45, 2.75) is 213 Å². The Balaban J connectivity index is 1.61. The van der Waals surface area contributed by atoms with Crippen molar-refractivity contribution < 1.29 is 22.8 Å². The first-order valence-electron chi connectivity index (χ1n) is 19.5. The van der Waals surface area contributed by atoms with Crippen LogP contribution >= 0.6 is 0 Å². The average molecular weight is 721 g/mol. The van der Waals surface area contributed by atoms with Crippen LogP contribution in [0.2, 0.25) is 54.4 Å². The van der Waals surface area contributed by atoms with E-state index in [-0.39, 0.29) is 56.3 Å². The summed E-state index contributed by atoms with van der Waals surface area (Å²) in [6.45, 7) is 45.3. The molecule has 4 aliphatic carbocycles. The molecule has 5 rings (SSSR count). The van der Waals surface area contributed by atoms with Gasteiger partial charge in [0.15, 0.2) is 30.7 Å². The number of hydrogen-bond acceptors (Lipinski definition) is 5. The number of allylic oxidation sites excluding steroid dienone is 1. The van der Waals surface area contributed by atoms with Crippen LogP contribution < -0.4 is 0 Å². The predicted molar refractivity (Wildman–Crippen MR) is 208 cm³/mol. The smallest absolute Gasteiger partial charge is 0.192 e. The molecule has 5 nitrogen and oxygen atoms in total. The topological polar surface area (TPSA) is 46.2 Å². The van der Waals surface area contributed by atoms with Gasteiger partial charge in [0.05, 0.1) is 30.5 Å². The minimum Gasteiger partial charge on any atom is -0.413 e. The van der Waals surface area contributed by atoms with Crippen LogP contribution in [0.4, 0.5) is 0 Å². The molecular formula is C40H76O5Si3. The van der Waals surface area contributed by atoms with Gasteiger partial charge < -0.3 is 22.8 Å². The van der Waals surface area contributed by atoms with Crippen LogP contribution in [-0.2, 0) is 22.8 Å². The summed E-state index contributed by atoms with van der Waals surface area (Å²) in [7, 11) is -6.14. The second-order valence-electron chi connectivity index (χ2n) is 22.3. The molecule has 3 unspecified atom stereocenters. The van der Waals surface area contributed by atoms with Crippen molar-refractivity contribution in [3.8, 4) is 0 Å². The van der Waals surface area contributed by atoms with E-state index in [9.17, 15) is 0 Å². The highest BCUT2D eigenvalue weighted by Gasteiger charge is 2.69. The first-order chi connectivity index (χ1) is 21.4. The van der Waals surface area contributed by atoms with Gasteiger partial charge in [-0.15, -0.1) is 0 Å². The highest BCUT2D eigenvalue weighted by Crippen LogP contribution is 2.68. The fraction of sp³-hybridized carbons (Fsp3) is 0.950. The summed E-state index contributed by atoms with van der Waals surface area (Å²) in [6, 6.07) is 0. The van der Waals surface area contributed by atoms with E-state index < -0.39 is 30.7 Å². The molecule has 0 bridgehead atoms. The van der Waals surface area contributed by atoms with Crippen LogP contribution in [0.25, 0.3) is 0 Å². The van der Waals surface area contributed by atoms with Gasteiger partial charge in [0.25, 0.3) is 0 Å². The van der Waals surface area contributed by atoms with Gasteiger partial charge >= 0.3 is 0 Å². The van der Waals surface area contributed by atoms with Crippen molar-refractivity contribution in [2.75, 3.05) is 0 Å². The van der Waals surface area contributed by atoms with Crippen LogP contribution in [-0.4, -0.2) is 61.3 Å². The van der Waals surface area contributed by atoms with Crippen molar-refractivity contribution in [1.82, 2.24) is 0 Å². The summed E-state index contributed by atoms with van der Waals surface area (Å²) in [5.74, 6) is 0.408. The highest BCUT2D eigenvalue weighted by atomic mass is 28.4. The summed E-state index contributed by atoms with van der Waals surface area (Å²) in [4.78, 5) is 0. The van der Waals surface area contributed by atoms with Crippen LogP contribution in [0.3, 0.4) is 0 Å². The maximum atomic E-state index is 7.67. The molecule has 1 aliphatic heterocycles. The minimum absolute atomic E-state index is 0.0118. The number of fused-ring (bicyclic) bond motifs is 8. The third kappa shape index (κ3) is 6.42. The average Bonchev–Trinajstić information content (AvgIpc) is 3.38. The van der Waals surface area contributed by atoms with Gasteiger partial charge in [-0.05, 0) is 117 Å². The summed E-state index contributed by atoms with van der Waals surface area (Å²) in [5.41, 5.74) is 1.71. The standard InChI is InChI=1S/C40H76O5Si3/c1-35(2,3)46(14,15)43-28-23-25-40(13)27-22-24-39(12)26(20-21-29(39)44-47(16,17)36(4,5)6)30(27)33-34(42-38(10,11)41-33)31(40)32(28)45-48(18,19)37(7,8)9/h22,26,28-34H,20-21,23-25H2,1-19H3/t26?,28-,29-,30?,31?,32-,33+,34+,39-,40+/m0/s1. The molecule has 10 atom stereocenters. The predicted octanol–water partition coefficient (Wildman–Crippen LogP) is 11.5. The molecule has 278 valence electrons. The highest BCUT2D eigenvalue weighted by molar-refractivity contribution is 6.75. The van der Waals surface area contributed by atoms with E-state index in [4.69, 9.17) is 22.8 Å². The van der Waals surface area contributed by atoms with Gasteiger partial charge in [0.2, 0.25) is 0 Å². The normalized spacial score (nSPS) is 40.5. The van der Waals surface area contributed by atoms with Crippen molar-refractivity contribution in [3.05, 3.63) is 11.6 Å². The zero-order valence-corrected chi connectivity index (χ0v) is 37.8. The lowest BCUT2D eigenvalue weighted by atomic mass is 9.47. The molecule has 0 amide bonds. The SMILES string of the molecule is CC1(C)O[C@@H]2C3C(=CC[C@@]4(C)C3CC[C@@H]4O[Si](C)(C)C(C)(C)C)[C@@]3(C)CC[C@H](O[Si](C)(C)C(C)(C)C)[C@H](O[Si](C)(C)C(C)(C)C)C3[C@H]2O1. The van der Waals surface area contributed by atoms with E-state index in [2.05, 4.69) is 135 Å². The number of hydrogen-bond donors (Lipinski definition) is 0. The molecule has 3 saturated carbocycles. The van der Waals surface area contributed by atoms with Crippen LogP contribution in [0.1, 0.15) is 122 Å². The lowest BCUT2D eigenvalue weighted by Gasteiger charge is -2.63. The van der Waals surface area contributed by atoms with Gasteiger partial charge in [0.1, 0.15) is 0 Å². The number of ether oxygens (including phenoxy) is 2. The number of rotatable bonds is 6. The van der Waals surface area contributed by atoms with Crippen molar-refractivity contribution >= 4 is 25.0 Å².